The van der Waals surface area contributed by atoms with E-state index in [0.29, 0.717) is 6.04 Å². The largest absolute Gasteiger partial charge is 0.484 e. The van der Waals surface area contributed by atoms with Gasteiger partial charge in [0, 0.05) is 17.8 Å². The lowest BCUT2D eigenvalue weighted by Gasteiger charge is -2.14. The fourth-order valence-electron chi connectivity index (χ4n) is 2.20. The zero-order chi connectivity index (χ0) is 13.9. The average molecular weight is 274 g/mol. The first kappa shape index (κ1) is 14.0. The lowest BCUT2D eigenvalue weighted by Crippen LogP contribution is -2.20. The Morgan fingerprint density at radius 3 is 2.42 bits per heavy atom. The number of benzene rings is 1. The fourth-order valence-corrected chi connectivity index (χ4v) is 2.20. The molecule has 0 heterocycles. The van der Waals surface area contributed by atoms with Crippen LogP contribution in [0.25, 0.3) is 0 Å². The van der Waals surface area contributed by atoms with E-state index in [0.717, 1.165) is 24.9 Å². The normalized spacial score (nSPS) is 23.4. The third kappa shape index (κ3) is 4.63. The molecule has 19 heavy (non-hydrogen) atoms. The molecule has 1 saturated carbocycles. The predicted octanol–water partition coefficient (Wildman–Crippen LogP) is 2.92. The van der Waals surface area contributed by atoms with Crippen LogP contribution in [0.2, 0.25) is 0 Å². The Morgan fingerprint density at radius 1 is 1.21 bits per heavy atom. The minimum absolute atomic E-state index is 0.214. The van der Waals surface area contributed by atoms with E-state index < -0.39 is 12.8 Å². The van der Waals surface area contributed by atoms with E-state index in [1.165, 1.54) is 12.1 Å². The van der Waals surface area contributed by atoms with Crippen LogP contribution in [0.15, 0.2) is 24.3 Å². The van der Waals surface area contributed by atoms with E-state index in [9.17, 15) is 13.2 Å². The molecule has 1 aliphatic carbocycles. The lowest BCUT2D eigenvalue weighted by atomic mass is 10.2. The van der Waals surface area contributed by atoms with Crippen LogP contribution < -0.4 is 15.8 Å². The second-order valence-corrected chi connectivity index (χ2v) is 4.84. The number of nitrogens with one attached hydrogen (secondary N) is 1. The van der Waals surface area contributed by atoms with E-state index in [4.69, 9.17) is 5.73 Å². The van der Waals surface area contributed by atoms with Crippen LogP contribution >= 0.6 is 0 Å². The van der Waals surface area contributed by atoms with Gasteiger partial charge in [-0.15, -0.1) is 0 Å². The van der Waals surface area contributed by atoms with Crippen LogP contribution in [0.1, 0.15) is 19.3 Å². The molecule has 0 saturated heterocycles. The molecule has 2 unspecified atom stereocenters. The second-order valence-electron chi connectivity index (χ2n) is 4.84. The van der Waals surface area contributed by atoms with E-state index in [1.807, 2.05) is 0 Å². The maximum atomic E-state index is 12.0. The summed E-state index contributed by atoms with van der Waals surface area (Å²) in [6.07, 6.45) is -1.36. The Hall–Kier alpha value is -1.43. The zero-order valence-corrected chi connectivity index (χ0v) is 10.4. The number of anilines is 1. The molecule has 0 radical (unpaired) electrons. The van der Waals surface area contributed by atoms with E-state index in [1.54, 1.807) is 12.1 Å². The third-order valence-corrected chi connectivity index (χ3v) is 3.10. The van der Waals surface area contributed by atoms with E-state index in [2.05, 4.69) is 10.1 Å². The van der Waals surface area contributed by atoms with Gasteiger partial charge in [0.1, 0.15) is 5.75 Å². The molecule has 0 amide bonds. The highest BCUT2D eigenvalue weighted by atomic mass is 19.4. The van der Waals surface area contributed by atoms with Gasteiger partial charge in [-0.2, -0.15) is 13.2 Å². The van der Waals surface area contributed by atoms with Gasteiger partial charge >= 0.3 is 6.18 Å². The van der Waals surface area contributed by atoms with Gasteiger partial charge in [0.05, 0.1) is 0 Å². The summed E-state index contributed by atoms with van der Waals surface area (Å²) >= 11 is 0. The number of hydrogen-bond acceptors (Lipinski definition) is 3. The molecule has 2 rings (SSSR count). The Labute approximate surface area is 109 Å². The summed E-state index contributed by atoms with van der Waals surface area (Å²) in [5.74, 6) is 0.214. The van der Waals surface area contributed by atoms with Crippen molar-refractivity contribution in [3.05, 3.63) is 24.3 Å². The van der Waals surface area contributed by atoms with Crippen molar-refractivity contribution in [2.24, 2.45) is 5.73 Å². The van der Waals surface area contributed by atoms with Gasteiger partial charge < -0.3 is 15.8 Å². The van der Waals surface area contributed by atoms with Crippen molar-refractivity contribution < 1.29 is 17.9 Å². The molecule has 1 aromatic rings. The van der Waals surface area contributed by atoms with Gasteiger partial charge in [0.2, 0.25) is 0 Å². The predicted molar refractivity (Wildman–Crippen MR) is 67.2 cm³/mol. The van der Waals surface area contributed by atoms with Crippen LogP contribution in [0, 0.1) is 0 Å². The first-order valence-electron chi connectivity index (χ1n) is 6.24. The molecule has 1 fully saturated rings. The second kappa shape index (κ2) is 5.69. The Bertz CT molecular complexity index is 405. The topological polar surface area (TPSA) is 47.3 Å². The molecular formula is C13H17F3N2O. The summed E-state index contributed by atoms with van der Waals surface area (Å²) in [6, 6.07) is 7.08. The molecule has 0 aromatic heterocycles. The summed E-state index contributed by atoms with van der Waals surface area (Å²) in [5, 5.41) is 3.31. The van der Waals surface area contributed by atoms with Crippen molar-refractivity contribution in [1.29, 1.82) is 0 Å². The minimum Gasteiger partial charge on any atom is -0.484 e. The fraction of sp³-hybridized carbons (Fsp3) is 0.538. The van der Waals surface area contributed by atoms with Crippen LogP contribution in [0.4, 0.5) is 18.9 Å². The Balaban J connectivity index is 1.84. The van der Waals surface area contributed by atoms with E-state index >= 15 is 0 Å². The van der Waals surface area contributed by atoms with Gasteiger partial charge in [0.15, 0.2) is 6.61 Å². The standard InChI is InChI=1S/C13H17F3N2O/c14-13(15,16)8-19-12-5-3-10(4-6-12)18-11-2-1-9(17)7-11/h3-6,9,11,18H,1-2,7-8,17H2. The molecule has 3 N–H and O–H groups in total. The van der Waals surface area contributed by atoms with Crippen molar-refractivity contribution >= 4 is 5.69 Å². The van der Waals surface area contributed by atoms with Crippen molar-refractivity contribution in [1.82, 2.24) is 0 Å². The van der Waals surface area contributed by atoms with E-state index in [-0.39, 0.29) is 11.8 Å². The van der Waals surface area contributed by atoms with Crippen molar-refractivity contribution in [3.8, 4) is 5.75 Å². The number of alkyl halides is 3. The zero-order valence-electron chi connectivity index (χ0n) is 10.4. The highest BCUT2D eigenvalue weighted by Crippen LogP contribution is 2.24. The summed E-state index contributed by atoms with van der Waals surface area (Å²) in [4.78, 5) is 0. The number of halogens is 3. The molecule has 106 valence electrons. The highest BCUT2D eigenvalue weighted by Gasteiger charge is 2.28. The molecule has 6 heteroatoms. The molecule has 1 aliphatic rings. The summed E-state index contributed by atoms with van der Waals surface area (Å²) < 4.78 is 40.6. The highest BCUT2D eigenvalue weighted by molar-refractivity contribution is 5.47. The van der Waals surface area contributed by atoms with Crippen molar-refractivity contribution in [3.63, 3.8) is 0 Å². The molecule has 0 spiro atoms. The van der Waals surface area contributed by atoms with Gasteiger partial charge in [-0.05, 0) is 43.5 Å². The van der Waals surface area contributed by atoms with Crippen molar-refractivity contribution in [2.75, 3.05) is 11.9 Å². The first-order chi connectivity index (χ1) is 8.92. The van der Waals surface area contributed by atoms with Gasteiger partial charge in [0.25, 0.3) is 0 Å². The molecule has 3 nitrogen and oxygen atoms in total. The number of ether oxygens (including phenoxy) is 1. The van der Waals surface area contributed by atoms with Crippen LogP contribution in [-0.2, 0) is 0 Å². The SMILES string of the molecule is NC1CCC(Nc2ccc(OCC(F)(F)F)cc2)C1. The van der Waals surface area contributed by atoms with Gasteiger partial charge in [-0.3, -0.25) is 0 Å². The summed E-state index contributed by atoms with van der Waals surface area (Å²) in [5.41, 5.74) is 6.69. The number of hydrogen-bond donors (Lipinski definition) is 2. The smallest absolute Gasteiger partial charge is 0.422 e. The third-order valence-electron chi connectivity index (χ3n) is 3.10. The van der Waals surface area contributed by atoms with Gasteiger partial charge in [-0.25, -0.2) is 0 Å². The number of nitrogens with two attached hydrogens (primary N) is 1. The van der Waals surface area contributed by atoms with Crippen LogP contribution in [0.3, 0.4) is 0 Å². The Morgan fingerprint density at radius 2 is 1.89 bits per heavy atom. The molecular weight excluding hydrogens is 257 g/mol. The monoisotopic (exact) mass is 274 g/mol. The number of rotatable bonds is 4. The quantitative estimate of drug-likeness (QED) is 0.887. The molecule has 0 aliphatic heterocycles. The lowest BCUT2D eigenvalue weighted by molar-refractivity contribution is -0.153. The minimum atomic E-state index is -4.31. The Kier molecular flexibility index (Phi) is 4.19. The molecule has 1 aromatic carbocycles. The summed E-state index contributed by atoms with van der Waals surface area (Å²) in [7, 11) is 0. The van der Waals surface area contributed by atoms with Crippen molar-refractivity contribution in [2.45, 2.75) is 37.5 Å². The molecule has 0 bridgehead atoms. The van der Waals surface area contributed by atoms with Crippen LogP contribution in [-0.4, -0.2) is 24.9 Å². The van der Waals surface area contributed by atoms with Gasteiger partial charge in [-0.1, -0.05) is 0 Å². The average Bonchev–Trinajstić information content (AvgIpc) is 2.73. The maximum Gasteiger partial charge on any atom is 0.422 e. The molecule has 2 atom stereocenters. The van der Waals surface area contributed by atoms with Crippen LogP contribution in [0.5, 0.6) is 5.75 Å². The maximum absolute atomic E-state index is 12.0. The summed E-state index contributed by atoms with van der Waals surface area (Å²) in [6.45, 7) is -1.27. The first-order valence-corrected chi connectivity index (χ1v) is 6.24.